The lowest BCUT2D eigenvalue weighted by Crippen LogP contribution is -2.71. The van der Waals surface area contributed by atoms with E-state index < -0.39 is 28.3 Å². The molecule has 0 bridgehead atoms. The number of nitrogens with zero attached hydrogens (tertiary/aromatic N) is 1. The van der Waals surface area contributed by atoms with Crippen LogP contribution >= 0.6 is 0 Å². The maximum absolute atomic E-state index is 11.2. The van der Waals surface area contributed by atoms with E-state index in [0.29, 0.717) is 10.1 Å². The molecule has 0 aliphatic carbocycles. The summed E-state index contributed by atoms with van der Waals surface area (Å²) in [5.41, 5.74) is 5.47. The standard InChI is InChI=1S/C10H12N2O5S/c11-9-8(12(10(9)13)18(14,15)16)6-17-7-4-2-1-3-5-7/h1-5,8-9H,6,11H2,(H,14,15,16). The van der Waals surface area contributed by atoms with Crippen LogP contribution in [0.1, 0.15) is 0 Å². The number of amides is 1. The van der Waals surface area contributed by atoms with Gasteiger partial charge in [-0.15, -0.1) is 0 Å². The first-order valence-electron chi connectivity index (χ1n) is 5.15. The van der Waals surface area contributed by atoms with E-state index in [0.717, 1.165) is 0 Å². The summed E-state index contributed by atoms with van der Waals surface area (Å²) < 4.78 is 36.4. The number of hydrogen-bond donors (Lipinski definition) is 2. The van der Waals surface area contributed by atoms with Gasteiger partial charge in [0.25, 0.3) is 5.91 Å². The highest BCUT2D eigenvalue weighted by atomic mass is 32.2. The second-order valence-corrected chi connectivity index (χ2v) is 5.12. The average molecular weight is 272 g/mol. The van der Waals surface area contributed by atoms with Gasteiger partial charge in [0.05, 0.1) is 0 Å². The fourth-order valence-electron chi connectivity index (χ4n) is 1.69. The Morgan fingerprint density at radius 3 is 2.50 bits per heavy atom. The Hall–Kier alpha value is -1.64. The molecule has 18 heavy (non-hydrogen) atoms. The van der Waals surface area contributed by atoms with Crippen molar-refractivity contribution in [1.29, 1.82) is 0 Å². The van der Waals surface area contributed by atoms with Gasteiger partial charge in [-0.25, -0.2) is 4.31 Å². The lowest BCUT2D eigenvalue weighted by Gasteiger charge is -2.41. The molecule has 1 aromatic rings. The molecule has 2 unspecified atom stereocenters. The van der Waals surface area contributed by atoms with E-state index in [-0.39, 0.29) is 6.61 Å². The summed E-state index contributed by atoms with van der Waals surface area (Å²) >= 11 is 0. The minimum atomic E-state index is -4.58. The van der Waals surface area contributed by atoms with Gasteiger partial charge in [0.1, 0.15) is 24.4 Å². The molecule has 8 heteroatoms. The van der Waals surface area contributed by atoms with Crippen molar-refractivity contribution < 1.29 is 22.5 Å². The van der Waals surface area contributed by atoms with E-state index in [1.165, 1.54) is 0 Å². The highest BCUT2D eigenvalue weighted by Gasteiger charge is 2.51. The van der Waals surface area contributed by atoms with Crippen LogP contribution in [0.4, 0.5) is 0 Å². The first-order chi connectivity index (χ1) is 8.41. The molecule has 1 saturated heterocycles. The molecular weight excluding hydrogens is 260 g/mol. The van der Waals surface area contributed by atoms with Gasteiger partial charge in [-0.05, 0) is 12.1 Å². The lowest BCUT2D eigenvalue weighted by atomic mass is 10.0. The van der Waals surface area contributed by atoms with Crippen molar-refractivity contribution in [2.45, 2.75) is 12.1 Å². The summed E-state index contributed by atoms with van der Waals surface area (Å²) in [6.45, 7) is -0.100. The van der Waals surface area contributed by atoms with Crippen molar-refractivity contribution in [1.82, 2.24) is 4.31 Å². The highest BCUT2D eigenvalue weighted by molar-refractivity contribution is 7.84. The third kappa shape index (κ3) is 2.30. The molecule has 0 radical (unpaired) electrons. The van der Waals surface area contributed by atoms with Gasteiger partial charge >= 0.3 is 10.3 Å². The van der Waals surface area contributed by atoms with Crippen LogP contribution < -0.4 is 10.5 Å². The van der Waals surface area contributed by atoms with Crippen molar-refractivity contribution >= 4 is 16.2 Å². The summed E-state index contributed by atoms with van der Waals surface area (Å²) in [6.07, 6.45) is 0. The molecule has 1 amide bonds. The molecule has 1 fully saturated rings. The minimum absolute atomic E-state index is 0.100. The summed E-state index contributed by atoms with van der Waals surface area (Å²) in [7, 11) is -4.58. The smallest absolute Gasteiger partial charge is 0.362 e. The van der Waals surface area contributed by atoms with Gasteiger partial charge in [-0.2, -0.15) is 8.42 Å². The van der Waals surface area contributed by atoms with Crippen LogP contribution in [0.5, 0.6) is 5.75 Å². The molecule has 1 aromatic carbocycles. The summed E-state index contributed by atoms with van der Waals surface area (Å²) in [5, 5.41) is 0. The van der Waals surface area contributed by atoms with Crippen LogP contribution in [0.2, 0.25) is 0 Å². The topological polar surface area (TPSA) is 110 Å². The molecule has 0 aromatic heterocycles. The third-order valence-electron chi connectivity index (χ3n) is 2.63. The van der Waals surface area contributed by atoms with Crippen molar-refractivity contribution in [3.05, 3.63) is 30.3 Å². The van der Waals surface area contributed by atoms with Crippen LogP contribution in [0.3, 0.4) is 0 Å². The quantitative estimate of drug-likeness (QED) is 0.560. The molecule has 1 aliphatic heterocycles. The molecule has 1 aliphatic rings. The van der Waals surface area contributed by atoms with Gasteiger partial charge in [0, 0.05) is 0 Å². The fourth-order valence-corrected chi connectivity index (χ4v) is 2.58. The van der Waals surface area contributed by atoms with Gasteiger partial charge in [-0.3, -0.25) is 9.35 Å². The largest absolute Gasteiger partial charge is 0.491 e. The highest BCUT2D eigenvalue weighted by Crippen LogP contribution is 2.22. The van der Waals surface area contributed by atoms with Gasteiger partial charge in [-0.1, -0.05) is 18.2 Å². The molecule has 0 saturated carbocycles. The van der Waals surface area contributed by atoms with Gasteiger partial charge in [0.15, 0.2) is 0 Å². The first kappa shape index (κ1) is 12.8. The molecule has 7 nitrogen and oxygen atoms in total. The molecule has 2 atom stereocenters. The Bertz CT molecular complexity index is 545. The molecule has 3 N–H and O–H groups in total. The number of carbonyl (C=O) groups is 1. The maximum atomic E-state index is 11.2. The Morgan fingerprint density at radius 2 is 1.94 bits per heavy atom. The number of carbonyl (C=O) groups excluding carboxylic acids is 1. The SMILES string of the molecule is NC1C(=O)N(S(=O)(=O)O)C1COc1ccccc1. The van der Waals surface area contributed by atoms with E-state index in [2.05, 4.69) is 0 Å². The molecular formula is C10H12N2O5S. The van der Waals surface area contributed by atoms with Gasteiger partial charge < -0.3 is 10.5 Å². The van der Waals surface area contributed by atoms with Crippen LogP contribution in [0.25, 0.3) is 0 Å². The number of rotatable bonds is 4. The van der Waals surface area contributed by atoms with Crippen molar-refractivity contribution in [2.75, 3.05) is 6.61 Å². The predicted octanol–water partition coefficient (Wildman–Crippen LogP) is -0.594. The normalized spacial score (nSPS) is 23.7. The second-order valence-electron chi connectivity index (χ2n) is 3.83. The Labute approximate surface area is 104 Å². The average Bonchev–Trinajstić information content (AvgIpc) is 2.33. The zero-order valence-electron chi connectivity index (χ0n) is 9.26. The molecule has 98 valence electrons. The van der Waals surface area contributed by atoms with E-state index in [1.54, 1.807) is 30.3 Å². The second kappa shape index (κ2) is 4.56. The zero-order chi connectivity index (χ0) is 13.3. The maximum Gasteiger partial charge on any atom is 0.362 e. The summed E-state index contributed by atoms with van der Waals surface area (Å²) in [4.78, 5) is 11.2. The van der Waals surface area contributed by atoms with E-state index >= 15 is 0 Å². The van der Waals surface area contributed by atoms with E-state index in [4.69, 9.17) is 15.0 Å². The Kier molecular flexibility index (Phi) is 3.24. The first-order valence-corrected chi connectivity index (χ1v) is 6.55. The predicted molar refractivity (Wildman–Crippen MR) is 62.1 cm³/mol. The number of ether oxygens (including phenoxy) is 1. The number of β-lactam (4-membered cyclic amide) rings is 1. The van der Waals surface area contributed by atoms with Gasteiger partial charge in [0.2, 0.25) is 0 Å². The number of nitrogens with two attached hydrogens (primary N) is 1. The Balaban J connectivity index is 2.03. The fraction of sp³-hybridized carbons (Fsp3) is 0.300. The number of hydrogen-bond acceptors (Lipinski definition) is 5. The van der Waals surface area contributed by atoms with Crippen molar-refractivity contribution in [3.63, 3.8) is 0 Å². The third-order valence-corrected chi connectivity index (χ3v) is 3.58. The summed E-state index contributed by atoms with van der Waals surface area (Å²) in [6, 6.07) is 6.82. The minimum Gasteiger partial charge on any atom is -0.491 e. The van der Waals surface area contributed by atoms with Crippen molar-refractivity contribution in [3.8, 4) is 5.75 Å². The lowest BCUT2D eigenvalue weighted by molar-refractivity contribution is -0.142. The molecule has 1 heterocycles. The monoisotopic (exact) mass is 272 g/mol. The number of para-hydroxylation sites is 1. The zero-order valence-corrected chi connectivity index (χ0v) is 10.1. The van der Waals surface area contributed by atoms with Crippen molar-refractivity contribution in [2.24, 2.45) is 5.73 Å². The summed E-state index contributed by atoms with van der Waals surface area (Å²) in [5.74, 6) is -0.307. The molecule has 0 spiro atoms. The molecule has 2 rings (SSSR count). The van der Waals surface area contributed by atoms with Crippen LogP contribution in [0.15, 0.2) is 30.3 Å². The number of benzene rings is 1. The van der Waals surface area contributed by atoms with Crippen LogP contribution in [-0.2, 0) is 15.1 Å². The van der Waals surface area contributed by atoms with E-state index in [1.807, 2.05) is 0 Å². The van der Waals surface area contributed by atoms with E-state index in [9.17, 15) is 13.2 Å². The van der Waals surface area contributed by atoms with Crippen LogP contribution in [0, 0.1) is 0 Å². The Morgan fingerprint density at radius 1 is 1.33 bits per heavy atom. The van der Waals surface area contributed by atoms with Crippen LogP contribution in [-0.4, -0.2) is 41.9 Å².